The maximum absolute atomic E-state index is 11.6. The van der Waals surface area contributed by atoms with Gasteiger partial charge in [-0.05, 0) is 23.6 Å². The summed E-state index contributed by atoms with van der Waals surface area (Å²) in [5, 5.41) is 13.4. The van der Waals surface area contributed by atoms with Crippen LogP contribution in [0.5, 0.6) is 0 Å². The Morgan fingerprint density at radius 2 is 2.18 bits per heavy atom. The van der Waals surface area contributed by atoms with Gasteiger partial charge in [0.15, 0.2) is 12.0 Å². The monoisotopic (exact) mass is 251 g/mol. The van der Waals surface area contributed by atoms with Crippen LogP contribution in [-0.2, 0) is 0 Å². The van der Waals surface area contributed by atoms with Gasteiger partial charge in [-0.3, -0.25) is 9.59 Å². The van der Waals surface area contributed by atoms with E-state index in [4.69, 9.17) is 4.42 Å². The summed E-state index contributed by atoms with van der Waals surface area (Å²) in [5.74, 6) is -1.13. The van der Waals surface area contributed by atoms with Crippen LogP contribution in [0.25, 0.3) is 0 Å². The number of aliphatic hydroxyl groups is 1. The number of nitrogens with one attached hydrogen (secondary N) is 1. The van der Waals surface area contributed by atoms with E-state index in [1.807, 2.05) is 0 Å². The third-order valence-electron chi connectivity index (χ3n) is 2.03. The molecule has 2 rings (SSSR count). The first-order valence-electron chi connectivity index (χ1n) is 4.78. The molecule has 0 aromatic carbocycles. The lowest BCUT2D eigenvalue weighted by Crippen LogP contribution is -2.40. The third-order valence-corrected chi connectivity index (χ3v) is 2.91. The fourth-order valence-electron chi connectivity index (χ4n) is 1.22. The zero-order chi connectivity index (χ0) is 12.3. The van der Waals surface area contributed by atoms with Crippen LogP contribution in [0.2, 0.25) is 0 Å². The van der Waals surface area contributed by atoms with Gasteiger partial charge in [0.1, 0.15) is 0 Å². The molecule has 0 saturated carbocycles. The quantitative estimate of drug-likeness (QED) is 0.633. The van der Waals surface area contributed by atoms with Gasteiger partial charge in [0.05, 0.1) is 11.1 Å². The van der Waals surface area contributed by atoms with Gasteiger partial charge in [-0.15, -0.1) is 11.3 Å². The van der Waals surface area contributed by atoms with Crippen molar-refractivity contribution in [3.05, 3.63) is 46.5 Å². The molecule has 2 aromatic heterocycles. The summed E-state index contributed by atoms with van der Waals surface area (Å²) < 4.78 is 4.83. The molecule has 1 amide bonds. The Labute approximate surface area is 101 Å². The number of hydrogen-bond acceptors (Lipinski definition) is 5. The highest BCUT2D eigenvalue weighted by Gasteiger charge is 2.21. The van der Waals surface area contributed by atoms with Crippen molar-refractivity contribution in [1.82, 2.24) is 5.32 Å². The van der Waals surface area contributed by atoms with E-state index in [-0.39, 0.29) is 5.76 Å². The predicted octanol–water partition coefficient (Wildman–Crippen LogP) is 1.27. The normalized spacial score (nSPS) is 12.1. The molecule has 17 heavy (non-hydrogen) atoms. The van der Waals surface area contributed by atoms with E-state index in [1.165, 1.54) is 23.7 Å². The number of aliphatic hydroxyl groups excluding tert-OH is 1. The molecule has 0 aliphatic heterocycles. The van der Waals surface area contributed by atoms with Crippen molar-refractivity contribution in [2.75, 3.05) is 0 Å². The molecule has 6 heteroatoms. The predicted molar refractivity (Wildman–Crippen MR) is 60.8 cm³/mol. The number of rotatable bonds is 4. The molecule has 1 atom stereocenters. The van der Waals surface area contributed by atoms with Crippen molar-refractivity contribution in [2.24, 2.45) is 0 Å². The van der Waals surface area contributed by atoms with E-state index < -0.39 is 17.9 Å². The van der Waals surface area contributed by atoms with Crippen LogP contribution in [0, 0.1) is 0 Å². The number of carbonyl (C=O) groups is 2. The fourth-order valence-corrected chi connectivity index (χ4v) is 1.91. The minimum atomic E-state index is -1.56. The van der Waals surface area contributed by atoms with Gasteiger partial charge in [0.2, 0.25) is 5.78 Å². The molecule has 0 saturated heterocycles. The molecule has 0 fully saturated rings. The highest BCUT2D eigenvalue weighted by atomic mass is 32.1. The number of Topliss-reactive ketones (excluding diaryl/α,β-unsaturated/α-hetero) is 1. The summed E-state index contributed by atoms with van der Waals surface area (Å²) in [4.78, 5) is 23.5. The Hall–Kier alpha value is -1.92. The molecule has 0 aliphatic carbocycles. The lowest BCUT2D eigenvalue weighted by Gasteiger charge is -2.09. The van der Waals surface area contributed by atoms with Crippen molar-refractivity contribution in [2.45, 2.75) is 6.23 Å². The summed E-state index contributed by atoms with van der Waals surface area (Å²) >= 11 is 1.20. The average Bonchev–Trinajstić information content (AvgIpc) is 3.00. The second-order valence-corrected chi connectivity index (χ2v) is 4.14. The molecular formula is C11H9NO4S. The lowest BCUT2D eigenvalue weighted by molar-refractivity contribution is 0.0600. The van der Waals surface area contributed by atoms with Crippen molar-refractivity contribution < 1.29 is 19.1 Å². The molecule has 0 unspecified atom stereocenters. The molecule has 2 aromatic rings. The first-order valence-corrected chi connectivity index (χ1v) is 5.66. The van der Waals surface area contributed by atoms with Crippen LogP contribution in [0.1, 0.15) is 20.2 Å². The van der Waals surface area contributed by atoms with Crippen LogP contribution < -0.4 is 5.32 Å². The molecular weight excluding hydrogens is 242 g/mol. The Bertz CT molecular complexity index is 504. The van der Waals surface area contributed by atoms with E-state index in [2.05, 4.69) is 5.32 Å². The van der Waals surface area contributed by atoms with Gasteiger partial charge < -0.3 is 14.8 Å². The molecule has 88 valence electrons. The van der Waals surface area contributed by atoms with Crippen molar-refractivity contribution >= 4 is 23.0 Å². The third kappa shape index (κ3) is 2.61. The van der Waals surface area contributed by atoms with Crippen LogP contribution in [0.4, 0.5) is 0 Å². The molecule has 5 nitrogen and oxygen atoms in total. The SMILES string of the molecule is O=C(N[C@@H](O)C(=O)c1cccs1)c1ccco1. The number of amides is 1. The minimum Gasteiger partial charge on any atom is -0.459 e. The summed E-state index contributed by atoms with van der Waals surface area (Å²) in [6, 6.07) is 6.26. The average molecular weight is 251 g/mol. The van der Waals surface area contributed by atoms with Crippen molar-refractivity contribution in [1.29, 1.82) is 0 Å². The molecule has 0 spiro atoms. The lowest BCUT2D eigenvalue weighted by atomic mass is 10.3. The molecule has 2 N–H and O–H groups in total. The second-order valence-electron chi connectivity index (χ2n) is 3.19. The Morgan fingerprint density at radius 1 is 1.35 bits per heavy atom. The first kappa shape index (κ1) is 11.6. The highest BCUT2D eigenvalue weighted by Crippen LogP contribution is 2.11. The van der Waals surface area contributed by atoms with E-state index in [9.17, 15) is 14.7 Å². The van der Waals surface area contributed by atoms with Gasteiger partial charge >= 0.3 is 0 Å². The van der Waals surface area contributed by atoms with Crippen molar-refractivity contribution in [3.63, 3.8) is 0 Å². The van der Waals surface area contributed by atoms with Crippen molar-refractivity contribution in [3.8, 4) is 0 Å². The van der Waals surface area contributed by atoms with E-state index in [1.54, 1.807) is 23.6 Å². The maximum atomic E-state index is 11.6. The number of hydrogen-bond donors (Lipinski definition) is 2. The second kappa shape index (κ2) is 4.94. The zero-order valence-electron chi connectivity index (χ0n) is 8.62. The standard InChI is InChI=1S/C11H9NO4S/c13-9(8-4-2-6-17-8)11(15)12-10(14)7-3-1-5-16-7/h1-6,11,15H,(H,12,14)/t11-/m0/s1. The Morgan fingerprint density at radius 3 is 2.76 bits per heavy atom. The number of ketones is 1. The highest BCUT2D eigenvalue weighted by molar-refractivity contribution is 7.12. The van der Waals surface area contributed by atoms with Gasteiger partial charge in [0, 0.05) is 0 Å². The molecule has 0 bridgehead atoms. The number of carbonyl (C=O) groups excluding carboxylic acids is 2. The van der Waals surface area contributed by atoms with E-state index >= 15 is 0 Å². The first-order chi connectivity index (χ1) is 8.18. The Balaban J connectivity index is 2.00. The number of thiophene rings is 1. The number of furan rings is 1. The van der Waals surface area contributed by atoms with E-state index in [0.29, 0.717) is 4.88 Å². The van der Waals surface area contributed by atoms with Gasteiger partial charge in [-0.25, -0.2) is 0 Å². The van der Waals surface area contributed by atoms with Crippen LogP contribution in [-0.4, -0.2) is 23.0 Å². The summed E-state index contributed by atoms with van der Waals surface area (Å²) in [6.45, 7) is 0. The van der Waals surface area contributed by atoms with Crippen LogP contribution >= 0.6 is 11.3 Å². The molecule has 0 radical (unpaired) electrons. The fraction of sp³-hybridized carbons (Fsp3) is 0.0909. The summed E-state index contributed by atoms with van der Waals surface area (Å²) in [6.07, 6.45) is -0.228. The largest absolute Gasteiger partial charge is 0.459 e. The van der Waals surface area contributed by atoms with Gasteiger partial charge in [0.25, 0.3) is 5.91 Å². The summed E-state index contributed by atoms with van der Waals surface area (Å²) in [5.41, 5.74) is 0. The molecule has 2 heterocycles. The zero-order valence-corrected chi connectivity index (χ0v) is 9.44. The van der Waals surface area contributed by atoms with Crippen LogP contribution in [0.15, 0.2) is 40.3 Å². The Kier molecular flexibility index (Phi) is 3.36. The smallest absolute Gasteiger partial charge is 0.289 e. The minimum absolute atomic E-state index is 0.0445. The topological polar surface area (TPSA) is 79.5 Å². The van der Waals surface area contributed by atoms with Crippen LogP contribution in [0.3, 0.4) is 0 Å². The van der Waals surface area contributed by atoms with Gasteiger partial charge in [-0.2, -0.15) is 0 Å². The maximum Gasteiger partial charge on any atom is 0.289 e. The summed E-state index contributed by atoms with van der Waals surface area (Å²) in [7, 11) is 0. The molecule has 0 aliphatic rings. The van der Waals surface area contributed by atoms with E-state index in [0.717, 1.165) is 0 Å². The van der Waals surface area contributed by atoms with Gasteiger partial charge in [-0.1, -0.05) is 6.07 Å².